The van der Waals surface area contributed by atoms with E-state index < -0.39 is 0 Å². The highest BCUT2D eigenvalue weighted by atomic mass is 35.5. The largest absolute Gasteiger partial charge is 0.493 e. The molecule has 1 saturated heterocycles. The maximum absolute atomic E-state index is 6.07. The molecule has 3 aromatic rings. The Morgan fingerprint density at radius 2 is 1.67 bits per heavy atom. The molecule has 4 rings (SSSR count). The number of nitrogens with zero attached hydrogens (tertiary/aromatic N) is 3. The molecule has 0 spiro atoms. The average molecular weight is 428 g/mol. The molecule has 2 heterocycles. The topological polar surface area (TPSA) is 51.0 Å². The van der Waals surface area contributed by atoms with Crippen LogP contribution in [0.15, 0.2) is 53.1 Å². The summed E-state index contributed by atoms with van der Waals surface area (Å²) in [6.07, 6.45) is 1.74. The van der Waals surface area contributed by atoms with Gasteiger partial charge in [0, 0.05) is 49.9 Å². The van der Waals surface area contributed by atoms with Gasteiger partial charge in [-0.05, 0) is 35.9 Å². The molecular formula is C23H26ClN3O3. The fraction of sp³-hybridized carbons (Fsp3) is 0.348. The first-order valence-electron chi connectivity index (χ1n) is 10.0. The molecule has 2 aromatic carbocycles. The first kappa shape index (κ1) is 20.7. The minimum absolute atomic E-state index is 0.611. The van der Waals surface area contributed by atoms with Gasteiger partial charge in [0.25, 0.3) is 0 Å². The third kappa shape index (κ3) is 4.95. The molecule has 7 heteroatoms. The quantitative estimate of drug-likeness (QED) is 0.559. The number of methoxy groups -OCH3 is 2. The summed E-state index contributed by atoms with van der Waals surface area (Å²) in [4.78, 5) is 9.50. The fourth-order valence-corrected chi connectivity index (χ4v) is 3.90. The number of halogens is 1. The van der Waals surface area contributed by atoms with Gasteiger partial charge in [-0.1, -0.05) is 23.7 Å². The molecule has 1 aliphatic heterocycles. The van der Waals surface area contributed by atoms with E-state index in [1.807, 2.05) is 30.3 Å². The number of piperazine rings is 1. The van der Waals surface area contributed by atoms with Crippen molar-refractivity contribution in [3.8, 4) is 23.0 Å². The molecule has 1 fully saturated rings. The van der Waals surface area contributed by atoms with Crippen LogP contribution in [0.4, 0.5) is 0 Å². The van der Waals surface area contributed by atoms with Gasteiger partial charge in [-0.2, -0.15) is 0 Å². The van der Waals surface area contributed by atoms with Crippen molar-refractivity contribution >= 4 is 11.6 Å². The monoisotopic (exact) mass is 427 g/mol. The Kier molecular flexibility index (Phi) is 6.57. The zero-order valence-electron chi connectivity index (χ0n) is 17.3. The van der Waals surface area contributed by atoms with Crippen molar-refractivity contribution in [2.75, 3.05) is 40.4 Å². The first-order chi connectivity index (χ1) is 14.6. The van der Waals surface area contributed by atoms with Crippen LogP contribution >= 0.6 is 11.6 Å². The summed E-state index contributed by atoms with van der Waals surface area (Å²) in [5, 5.41) is 0.679. The Labute approximate surface area is 182 Å². The summed E-state index contributed by atoms with van der Waals surface area (Å²) in [7, 11) is 3.33. The lowest BCUT2D eigenvalue weighted by molar-refractivity contribution is 0.121. The van der Waals surface area contributed by atoms with Crippen LogP contribution in [0.5, 0.6) is 11.5 Å². The number of oxazole rings is 1. The average Bonchev–Trinajstić information content (AvgIpc) is 3.23. The summed E-state index contributed by atoms with van der Waals surface area (Å²) in [6.45, 7) is 5.69. The molecular weight excluding hydrogens is 402 g/mol. The van der Waals surface area contributed by atoms with Crippen LogP contribution in [-0.4, -0.2) is 55.2 Å². The van der Waals surface area contributed by atoms with Crippen molar-refractivity contribution in [3.05, 3.63) is 65.0 Å². The second-order valence-corrected chi connectivity index (χ2v) is 7.83. The summed E-state index contributed by atoms with van der Waals surface area (Å²) in [5.41, 5.74) is 3.07. The van der Waals surface area contributed by atoms with Crippen molar-refractivity contribution in [3.63, 3.8) is 0 Å². The molecule has 158 valence electrons. The van der Waals surface area contributed by atoms with Crippen LogP contribution in [0, 0.1) is 0 Å². The zero-order chi connectivity index (χ0) is 20.9. The van der Waals surface area contributed by atoms with E-state index in [1.54, 1.807) is 20.5 Å². The molecule has 6 nitrogen and oxygen atoms in total. The van der Waals surface area contributed by atoms with Crippen LogP contribution in [0.3, 0.4) is 0 Å². The van der Waals surface area contributed by atoms with Crippen LogP contribution < -0.4 is 9.47 Å². The molecule has 0 saturated carbocycles. The summed E-state index contributed by atoms with van der Waals surface area (Å²) >= 11 is 6.07. The van der Waals surface area contributed by atoms with Gasteiger partial charge < -0.3 is 13.9 Å². The Morgan fingerprint density at radius 3 is 2.37 bits per heavy atom. The molecule has 30 heavy (non-hydrogen) atoms. The number of ether oxygens (including phenoxy) is 2. The molecule has 1 aliphatic rings. The Balaban J connectivity index is 1.30. The summed E-state index contributed by atoms with van der Waals surface area (Å²) in [5.74, 6) is 2.14. The molecule has 0 atom stereocenters. The number of hydrogen-bond donors (Lipinski definition) is 0. The van der Waals surface area contributed by atoms with E-state index in [9.17, 15) is 0 Å². The van der Waals surface area contributed by atoms with Crippen molar-refractivity contribution < 1.29 is 13.9 Å². The molecule has 0 aliphatic carbocycles. The molecule has 0 radical (unpaired) electrons. The van der Waals surface area contributed by atoms with Crippen LogP contribution in [-0.2, 0) is 13.1 Å². The van der Waals surface area contributed by atoms with Crippen molar-refractivity contribution in [2.45, 2.75) is 13.1 Å². The van der Waals surface area contributed by atoms with Gasteiger partial charge in [-0.25, -0.2) is 4.98 Å². The number of aromatic nitrogens is 1. The smallest absolute Gasteiger partial charge is 0.226 e. The van der Waals surface area contributed by atoms with E-state index in [2.05, 4.69) is 26.9 Å². The van der Waals surface area contributed by atoms with Gasteiger partial charge in [0.15, 0.2) is 11.5 Å². The number of benzene rings is 2. The zero-order valence-corrected chi connectivity index (χ0v) is 18.1. The van der Waals surface area contributed by atoms with Crippen LogP contribution in [0.2, 0.25) is 5.02 Å². The Bertz CT molecular complexity index is 983. The van der Waals surface area contributed by atoms with Gasteiger partial charge in [0.05, 0.1) is 19.9 Å². The first-order valence-corrected chi connectivity index (χ1v) is 10.4. The lowest BCUT2D eigenvalue weighted by atomic mass is 10.1. The van der Waals surface area contributed by atoms with Gasteiger partial charge in [0.1, 0.15) is 6.26 Å². The maximum atomic E-state index is 6.07. The van der Waals surface area contributed by atoms with E-state index in [0.29, 0.717) is 10.9 Å². The van der Waals surface area contributed by atoms with Gasteiger partial charge in [0.2, 0.25) is 5.89 Å². The van der Waals surface area contributed by atoms with Crippen molar-refractivity contribution in [2.24, 2.45) is 0 Å². The minimum Gasteiger partial charge on any atom is -0.493 e. The van der Waals surface area contributed by atoms with Gasteiger partial charge in [-0.15, -0.1) is 0 Å². The predicted octanol–water partition coefficient (Wildman–Crippen LogP) is 4.33. The highest BCUT2D eigenvalue weighted by molar-refractivity contribution is 6.30. The lowest BCUT2D eigenvalue weighted by Gasteiger charge is -2.34. The van der Waals surface area contributed by atoms with Crippen LogP contribution in [0.1, 0.15) is 11.3 Å². The molecule has 1 aromatic heterocycles. The lowest BCUT2D eigenvalue weighted by Crippen LogP contribution is -2.45. The summed E-state index contributed by atoms with van der Waals surface area (Å²) in [6, 6.07) is 13.7. The normalized spacial score (nSPS) is 15.3. The molecule has 0 bridgehead atoms. The minimum atomic E-state index is 0.611. The highest BCUT2D eigenvalue weighted by Gasteiger charge is 2.19. The van der Waals surface area contributed by atoms with E-state index in [4.69, 9.17) is 25.5 Å². The second kappa shape index (κ2) is 9.51. The molecule has 0 N–H and O–H groups in total. The van der Waals surface area contributed by atoms with Crippen molar-refractivity contribution in [1.29, 1.82) is 0 Å². The van der Waals surface area contributed by atoms with E-state index in [0.717, 1.165) is 62.0 Å². The van der Waals surface area contributed by atoms with E-state index in [1.165, 1.54) is 5.56 Å². The Morgan fingerprint density at radius 1 is 0.933 bits per heavy atom. The third-order valence-electron chi connectivity index (χ3n) is 5.33. The SMILES string of the molecule is COc1ccc(CN2CCN(Cc3coc(-c4cccc(Cl)c4)n3)CC2)cc1OC. The van der Waals surface area contributed by atoms with Gasteiger partial charge in [-0.3, -0.25) is 9.80 Å². The number of hydrogen-bond acceptors (Lipinski definition) is 6. The Hall–Kier alpha value is -2.54. The highest BCUT2D eigenvalue weighted by Crippen LogP contribution is 2.28. The fourth-order valence-electron chi connectivity index (χ4n) is 3.71. The van der Waals surface area contributed by atoms with Gasteiger partial charge >= 0.3 is 0 Å². The molecule has 0 unspecified atom stereocenters. The molecule has 0 amide bonds. The van der Waals surface area contributed by atoms with Crippen LogP contribution in [0.25, 0.3) is 11.5 Å². The predicted molar refractivity (Wildman–Crippen MR) is 117 cm³/mol. The summed E-state index contributed by atoms with van der Waals surface area (Å²) < 4.78 is 16.4. The van der Waals surface area contributed by atoms with E-state index in [-0.39, 0.29) is 0 Å². The van der Waals surface area contributed by atoms with Crippen molar-refractivity contribution in [1.82, 2.24) is 14.8 Å². The number of rotatable bonds is 7. The standard InChI is InChI=1S/C23H26ClN3O3/c1-28-21-7-6-17(12-22(21)29-2)14-26-8-10-27(11-9-26)15-20-16-30-23(25-20)18-4-3-5-19(24)13-18/h3-7,12-13,16H,8-11,14-15H2,1-2H3. The van der Waals surface area contributed by atoms with E-state index >= 15 is 0 Å². The maximum Gasteiger partial charge on any atom is 0.226 e. The second-order valence-electron chi connectivity index (χ2n) is 7.40. The third-order valence-corrected chi connectivity index (χ3v) is 5.56.